The van der Waals surface area contributed by atoms with Crippen LogP contribution < -0.4 is 11.1 Å². The molecule has 0 saturated heterocycles. The molecule has 0 amide bonds. The topological polar surface area (TPSA) is 70.6 Å². The summed E-state index contributed by atoms with van der Waals surface area (Å²) in [5.41, 5.74) is 5.34. The van der Waals surface area contributed by atoms with Crippen LogP contribution in [0.15, 0.2) is 5.16 Å². The standard InChI is InChI=1S/C10H23N3O/c1-8(2)9(3)7-12-6-4-5-10(11)13-14/h8-9,12,14H,4-7H2,1-3H3,(H2,11,13). The molecule has 0 aliphatic heterocycles. The van der Waals surface area contributed by atoms with E-state index in [1.54, 1.807) is 0 Å². The van der Waals surface area contributed by atoms with Crippen LogP contribution in [-0.4, -0.2) is 24.1 Å². The molecule has 4 N–H and O–H groups in total. The summed E-state index contributed by atoms with van der Waals surface area (Å²) in [5, 5.41) is 14.6. The van der Waals surface area contributed by atoms with Crippen LogP contribution in [0.3, 0.4) is 0 Å². The summed E-state index contributed by atoms with van der Waals surface area (Å²) in [6, 6.07) is 0. The molecule has 0 aromatic rings. The Hall–Kier alpha value is -0.770. The van der Waals surface area contributed by atoms with Gasteiger partial charge in [0.05, 0.1) is 0 Å². The molecule has 4 nitrogen and oxygen atoms in total. The van der Waals surface area contributed by atoms with Crippen molar-refractivity contribution in [2.45, 2.75) is 33.6 Å². The van der Waals surface area contributed by atoms with E-state index in [0.29, 0.717) is 24.1 Å². The minimum Gasteiger partial charge on any atom is -0.409 e. The second kappa shape index (κ2) is 7.62. The van der Waals surface area contributed by atoms with Gasteiger partial charge >= 0.3 is 0 Å². The van der Waals surface area contributed by atoms with Crippen LogP contribution in [-0.2, 0) is 0 Å². The van der Waals surface area contributed by atoms with Crippen LogP contribution in [0, 0.1) is 11.8 Å². The van der Waals surface area contributed by atoms with E-state index in [1.165, 1.54) is 0 Å². The van der Waals surface area contributed by atoms with Crippen molar-refractivity contribution in [3.63, 3.8) is 0 Å². The van der Waals surface area contributed by atoms with E-state index in [9.17, 15) is 0 Å². The van der Waals surface area contributed by atoms with E-state index in [1.807, 2.05) is 0 Å². The van der Waals surface area contributed by atoms with Crippen LogP contribution in [0.1, 0.15) is 33.6 Å². The zero-order valence-corrected chi connectivity index (χ0v) is 9.45. The van der Waals surface area contributed by atoms with Crippen molar-refractivity contribution in [1.29, 1.82) is 0 Å². The fraction of sp³-hybridized carbons (Fsp3) is 0.900. The number of oxime groups is 1. The number of rotatable bonds is 7. The van der Waals surface area contributed by atoms with Crippen LogP contribution in [0.4, 0.5) is 0 Å². The Bertz CT molecular complexity index is 169. The number of amidine groups is 1. The predicted octanol–water partition coefficient (Wildman–Crippen LogP) is 1.39. The second-order valence-electron chi connectivity index (χ2n) is 4.12. The number of hydrogen-bond acceptors (Lipinski definition) is 3. The summed E-state index contributed by atoms with van der Waals surface area (Å²) >= 11 is 0. The number of nitrogens with two attached hydrogens (primary N) is 1. The maximum absolute atomic E-state index is 8.29. The molecule has 0 bridgehead atoms. The molecular weight excluding hydrogens is 178 g/mol. The quantitative estimate of drug-likeness (QED) is 0.192. The highest BCUT2D eigenvalue weighted by Crippen LogP contribution is 2.07. The minimum absolute atomic E-state index is 0.309. The third-order valence-electron chi connectivity index (χ3n) is 2.52. The Labute approximate surface area is 86.6 Å². The zero-order chi connectivity index (χ0) is 11.0. The van der Waals surface area contributed by atoms with E-state index >= 15 is 0 Å². The molecular formula is C10H23N3O. The van der Waals surface area contributed by atoms with Gasteiger partial charge in [-0.1, -0.05) is 25.9 Å². The summed E-state index contributed by atoms with van der Waals surface area (Å²) in [5.74, 6) is 1.72. The maximum Gasteiger partial charge on any atom is 0.139 e. The van der Waals surface area contributed by atoms with Gasteiger partial charge in [0.1, 0.15) is 5.84 Å². The van der Waals surface area contributed by atoms with Gasteiger partial charge < -0.3 is 16.3 Å². The van der Waals surface area contributed by atoms with Gasteiger partial charge in [-0.3, -0.25) is 0 Å². The zero-order valence-electron chi connectivity index (χ0n) is 9.45. The lowest BCUT2D eigenvalue weighted by molar-refractivity contribution is 0.316. The fourth-order valence-corrected chi connectivity index (χ4v) is 1.01. The molecule has 0 radical (unpaired) electrons. The monoisotopic (exact) mass is 201 g/mol. The molecule has 0 aliphatic carbocycles. The Balaban J connectivity index is 3.30. The first-order valence-electron chi connectivity index (χ1n) is 5.25. The summed E-state index contributed by atoms with van der Waals surface area (Å²) < 4.78 is 0. The molecule has 0 aromatic heterocycles. The van der Waals surface area contributed by atoms with Crippen molar-refractivity contribution in [3.05, 3.63) is 0 Å². The van der Waals surface area contributed by atoms with Crippen molar-refractivity contribution < 1.29 is 5.21 Å². The van der Waals surface area contributed by atoms with E-state index in [0.717, 1.165) is 19.5 Å². The highest BCUT2D eigenvalue weighted by atomic mass is 16.4. The Morgan fingerprint density at radius 2 is 2.07 bits per heavy atom. The SMILES string of the molecule is CC(C)C(C)CNCCCC(N)=NO. The average Bonchev–Trinajstić information content (AvgIpc) is 2.16. The van der Waals surface area contributed by atoms with Gasteiger partial charge in [0.2, 0.25) is 0 Å². The summed E-state index contributed by atoms with van der Waals surface area (Å²) in [6.07, 6.45) is 1.57. The first kappa shape index (κ1) is 13.2. The molecule has 0 heterocycles. The van der Waals surface area contributed by atoms with E-state index < -0.39 is 0 Å². The second-order valence-corrected chi connectivity index (χ2v) is 4.12. The minimum atomic E-state index is 0.309. The van der Waals surface area contributed by atoms with Gasteiger partial charge in [-0.15, -0.1) is 0 Å². The largest absolute Gasteiger partial charge is 0.409 e. The lowest BCUT2D eigenvalue weighted by Crippen LogP contribution is -2.26. The van der Waals surface area contributed by atoms with Crippen molar-refractivity contribution in [2.75, 3.05) is 13.1 Å². The van der Waals surface area contributed by atoms with Gasteiger partial charge in [0.25, 0.3) is 0 Å². The molecule has 1 atom stereocenters. The molecule has 0 aromatic carbocycles. The van der Waals surface area contributed by atoms with Gasteiger partial charge in [0, 0.05) is 6.42 Å². The predicted molar refractivity (Wildman–Crippen MR) is 59.5 cm³/mol. The molecule has 1 unspecified atom stereocenters. The molecule has 14 heavy (non-hydrogen) atoms. The van der Waals surface area contributed by atoms with Crippen LogP contribution in [0.25, 0.3) is 0 Å². The molecule has 4 heteroatoms. The van der Waals surface area contributed by atoms with Gasteiger partial charge in [-0.25, -0.2) is 0 Å². The van der Waals surface area contributed by atoms with Crippen LogP contribution >= 0.6 is 0 Å². The molecule has 0 saturated carbocycles. The van der Waals surface area contributed by atoms with Crippen LogP contribution in [0.5, 0.6) is 0 Å². The molecule has 0 spiro atoms. The van der Waals surface area contributed by atoms with E-state index in [4.69, 9.17) is 10.9 Å². The molecule has 0 fully saturated rings. The van der Waals surface area contributed by atoms with Crippen LogP contribution in [0.2, 0.25) is 0 Å². The van der Waals surface area contributed by atoms with E-state index in [2.05, 4.69) is 31.2 Å². The highest BCUT2D eigenvalue weighted by molar-refractivity contribution is 5.79. The Morgan fingerprint density at radius 3 is 2.57 bits per heavy atom. The van der Waals surface area contributed by atoms with Gasteiger partial charge in [0.15, 0.2) is 0 Å². The molecule has 0 rings (SSSR count). The average molecular weight is 201 g/mol. The number of hydrogen-bond donors (Lipinski definition) is 3. The fourth-order valence-electron chi connectivity index (χ4n) is 1.01. The van der Waals surface area contributed by atoms with Gasteiger partial charge in [-0.05, 0) is 31.3 Å². The number of nitrogens with one attached hydrogen (secondary N) is 1. The van der Waals surface area contributed by atoms with Crippen molar-refractivity contribution in [1.82, 2.24) is 5.32 Å². The first-order valence-corrected chi connectivity index (χ1v) is 5.25. The summed E-state index contributed by atoms with van der Waals surface area (Å²) in [4.78, 5) is 0. The summed E-state index contributed by atoms with van der Waals surface area (Å²) in [7, 11) is 0. The lowest BCUT2D eigenvalue weighted by atomic mass is 9.98. The van der Waals surface area contributed by atoms with E-state index in [-0.39, 0.29) is 0 Å². The van der Waals surface area contributed by atoms with Crippen molar-refractivity contribution in [2.24, 2.45) is 22.7 Å². The highest BCUT2D eigenvalue weighted by Gasteiger charge is 2.05. The summed E-state index contributed by atoms with van der Waals surface area (Å²) in [6.45, 7) is 8.65. The normalized spacial score (nSPS) is 14.7. The maximum atomic E-state index is 8.29. The molecule has 84 valence electrons. The number of nitrogens with zero attached hydrogens (tertiary/aromatic N) is 1. The Kier molecular flexibility index (Phi) is 7.20. The smallest absolute Gasteiger partial charge is 0.139 e. The van der Waals surface area contributed by atoms with Crippen molar-refractivity contribution >= 4 is 5.84 Å². The lowest BCUT2D eigenvalue weighted by Gasteiger charge is -2.15. The third kappa shape index (κ3) is 6.71. The van der Waals surface area contributed by atoms with Crippen molar-refractivity contribution in [3.8, 4) is 0 Å². The Morgan fingerprint density at radius 1 is 1.43 bits per heavy atom. The third-order valence-corrected chi connectivity index (χ3v) is 2.52. The first-order chi connectivity index (χ1) is 6.57. The molecule has 0 aliphatic rings. The van der Waals surface area contributed by atoms with Gasteiger partial charge in [-0.2, -0.15) is 0 Å².